The maximum Gasteiger partial charge on any atom is 0.254 e. The van der Waals surface area contributed by atoms with E-state index >= 15 is 0 Å². The summed E-state index contributed by atoms with van der Waals surface area (Å²) in [5, 5.41) is 10.6. The Morgan fingerprint density at radius 2 is 2.10 bits per heavy atom. The van der Waals surface area contributed by atoms with E-state index < -0.39 is 0 Å². The Morgan fingerprint density at radius 3 is 2.76 bits per heavy atom. The number of amides is 1. The molecule has 0 atom stereocenters. The van der Waals surface area contributed by atoms with Crippen LogP contribution in [0.2, 0.25) is 0 Å². The first kappa shape index (κ1) is 14.6. The number of nitrogens with zero attached hydrogens (tertiary/aromatic N) is 2. The molecule has 1 saturated carbocycles. The van der Waals surface area contributed by atoms with Gasteiger partial charge in [0.05, 0.1) is 10.4 Å². The van der Waals surface area contributed by atoms with Gasteiger partial charge in [-0.15, -0.1) is 11.3 Å². The molecule has 0 bridgehead atoms. The van der Waals surface area contributed by atoms with E-state index in [1.165, 1.54) is 30.7 Å². The minimum Gasteiger partial charge on any atom is -0.384 e. The van der Waals surface area contributed by atoms with Crippen LogP contribution < -0.4 is 0 Å². The lowest BCUT2D eigenvalue weighted by molar-refractivity contribution is 0.0632. The van der Waals surface area contributed by atoms with Crippen molar-refractivity contribution >= 4 is 17.2 Å². The Balaban J connectivity index is 1.54. The molecule has 2 heterocycles. The zero-order valence-corrected chi connectivity index (χ0v) is 12.9. The van der Waals surface area contributed by atoms with E-state index in [1.54, 1.807) is 0 Å². The van der Waals surface area contributed by atoms with Gasteiger partial charge in [-0.1, -0.05) is 11.8 Å². The molecule has 1 aliphatic carbocycles. The number of hydrogen-bond donors (Lipinski definition) is 1. The second kappa shape index (κ2) is 6.61. The van der Waals surface area contributed by atoms with Crippen LogP contribution in [-0.2, 0) is 0 Å². The minimum atomic E-state index is -0.149. The molecule has 1 N–H and O–H groups in total. The number of aliphatic hydroxyl groups excluding tert-OH is 1. The van der Waals surface area contributed by atoms with Gasteiger partial charge in [0, 0.05) is 38.1 Å². The van der Waals surface area contributed by atoms with Gasteiger partial charge in [0.25, 0.3) is 5.91 Å². The fourth-order valence-electron chi connectivity index (χ4n) is 2.62. The molecule has 3 rings (SSSR count). The van der Waals surface area contributed by atoms with Gasteiger partial charge in [0.2, 0.25) is 0 Å². The molecule has 4 nitrogen and oxygen atoms in total. The van der Waals surface area contributed by atoms with Crippen molar-refractivity contribution < 1.29 is 9.90 Å². The summed E-state index contributed by atoms with van der Waals surface area (Å²) < 4.78 is 0. The topological polar surface area (TPSA) is 43.8 Å². The Morgan fingerprint density at radius 1 is 1.33 bits per heavy atom. The van der Waals surface area contributed by atoms with Crippen molar-refractivity contribution in [1.29, 1.82) is 0 Å². The highest BCUT2D eigenvalue weighted by molar-refractivity contribution is 7.10. The first-order valence-corrected chi connectivity index (χ1v) is 8.34. The molecule has 0 radical (unpaired) electrons. The highest BCUT2D eigenvalue weighted by Gasteiger charge is 2.28. The van der Waals surface area contributed by atoms with Crippen molar-refractivity contribution in [3.63, 3.8) is 0 Å². The standard InChI is InChI=1S/C16H20N2O2S/c19-9-1-2-15-10-14(12-21-15)16(20)18-7-5-17(6-8-18)11-13-3-4-13/h10,12-13,19H,3-9,11H2. The third-order valence-electron chi connectivity index (χ3n) is 4.01. The monoisotopic (exact) mass is 304 g/mol. The van der Waals surface area contributed by atoms with Crippen LogP contribution in [0.3, 0.4) is 0 Å². The number of rotatable bonds is 3. The van der Waals surface area contributed by atoms with E-state index in [1.807, 2.05) is 16.3 Å². The van der Waals surface area contributed by atoms with E-state index in [2.05, 4.69) is 16.7 Å². The van der Waals surface area contributed by atoms with Crippen molar-refractivity contribution in [3.8, 4) is 11.8 Å². The third kappa shape index (κ3) is 3.85. The van der Waals surface area contributed by atoms with Gasteiger partial charge in [-0.3, -0.25) is 9.69 Å². The summed E-state index contributed by atoms with van der Waals surface area (Å²) in [4.78, 5) is 17.7. The van der Waals surface area contributed by atoms with Gasteiger partial charge in [-0.05, 0) is 24.8 Å². The van der Waals surface area contributed by atoms with Gasteiger partial charge < -0.3 is 10.0 Å². The molecular weight excluding hydrogens is 284 g/mol. The zero-order valence-electron chi connectivity index (χ0n) is 12.0. The van der Waals surface area contributed by atoms with E-state index in [0.717, 1.165) is 42.5 Å². The predicted molar refractivity (Wildman–Crippen MR) is 83.4 cm³/mol. The minimum absolute atomic E-state index is 0.106. The molecule has 1 aliphatic heterocycles. The second-order valence-corrected chi connectivity index (χ2v) is 6.61. The van der Waals surface area contributed by atoms with Crippen LogP contribution in [0, 0.1) is 17.8 Å². The van der Waals surface area contributed by atoms with Gasteiger partial charge in [0.15, 0.2) is 0 Å². The zero-order chi connectivity index (χ0) is 14.7. The molecule has 5 heteroatoms. The van der Waals surface area contributed by atoms with Crippen molar-refractivity contribution in [1.82, 2.24) is 9.80 Å². The summed E-state index contributed by atoms with van der Waals surface area (Å²) in [6.07, 6.45) is 2.76. The Kier molecular flexibility index (Phi) is 4.59. The molecule has 0 aromatic carbocycles. The summed E-state index contributed by atoms with van der Waals surface area (Å²) in [6.45, 7) is 4.68. The van der Waals surface area contributed by atoms with Gasteiger partial charge in [-0.25, -0.2) is 0 Å². The van der Waals surface area contributed by atoms with Crippen LogP contribution in [0.1, 0.15) is 28.1 Å². The summed E-state index contributed by atoms with van der Waals surface area (Å²) in [5.41, 5.74) is 0.720. The van der Waals surface area contributed by atoms with Gasteiger partial charge in [-0.2, -0.15) is 0 Å². The van der Waals surface area contributed by atoms with Crippen LogP contribution in [-0.4, -0.2) is 60.1 Å². The maximum atomic E-state index is 12.4. The average molecular weight is 304 g/mol. The van der Waals surface area contributed by atoms with Crippen LogP contribution in [0.25, 0.3) is 0 Å². The van der Waals surface area contributed by atoms with Crippen LogP contribution >= 0.6 is 11.3 Å². The lowest BCUT2D eigenvalue weighted by atomic mass is 10.2. The van der Waals surface area contributed by atoms with Crippen molar-refractivity contribution in [2.75, 3.05) is 39.3 Å². The molecule has 1 aromatic heterocycles. The van der Waals surface area contributed by atoms with Crippen molar-refractivity contribution in [3.05, 3.63) is 21.9 Å². The molecule has 2 fully saturated rings. The summed E-state index contributed by atoms with van der Waals surface area (Å²) in [6, 6.07) is 1.83. The number of carbonyl (C=O) groups excluding carboxylic acids is 1. The largest absolute Gasteiger partial charge is 0.384 e. The van der Waals surface area contributed by atoms with E-state index in [4.69, 9.17) is 5.11 Å². The Hall–Kier alpha value is -1.35. The smallest absolute Gasteiger partial charge is 0.254 e. The van der Waals surface area contributed by atoms with E-state index in [9.17, 15) is 4.79 Å². The lowest BCUT2D eigenvalue weighted by Gasteiger charge is -2.34. The van der Waals surface area contributed by atoms with Crippen LogP contribution in [0.5, 0.6) is 0 Å². The summed E-state index contributed by atoms with van der Waals surface area (Å²) in [5.74, 6) is 6.48. The summed E-state index contributed by atoms with van der Waals surface area (Å²) in [7, 11) is 0. The first-order chi connectivity index (χ1) is 10.3. The molecule has 1 saturated heterocycles. The first-order valence-electron chi connectivity index (χ1n) is 7.46. The molecular formula is C16H20N2O2S. The lowest BCUT2D eigenvalue weighted by Crippen LogP contribution is -2.49. The number of aliphatic hydroxyl groups is 1. The van der Waals surface area contributed by atoms with Crippen LogP contribution in [0.15, 0.2) is 11.4 Å². The fourth-order valence-corrected chi connectivity index (χ4v) is 3.37. The van der Waals surface area contributed by atoms with Crippen molar-refractivity contribution in [2.45, 2.75) is 12.8 Å². The molecule has 21 heavy (non-hydrogen) atoms. The van der Waals surface area contributed by atoms with Gasteiger partial charge in [0.1, 0.15) is 6.61 Å². The summed E-state index contributed by atoms with van der Waals surface area (Å²) >= 11 is 1.46. The highest BCUT2D eigenvalue weighted by atomic mass is 32.1. The number of hydrogen-bond acceptors (Lipinski definition) is 4. The number of carbonyl (C=O) groups is 1. The molecule has 0 unspecified atom stereocenters. The van der Waals surface area contributed by atoms with Crippen molar-refractivity contribution in [2.24, 2.45) is 5.92 Å². The predicted octanol–water partition coefficient (Wildman–Crippen LogP) is 1.26. The van der Waals surface area contributed by atoms with Crippen LogP contribution in [0.4, 0.5) is 0 Å². The number of piperazine rings is 1. The molecule has 112 valence electrons. The van der Waals surface area contributed by atoms with E-state index in [0.29, 0.717) is 0 Å². The maximum absolute atomic E-state index is 12.4. The highest BCUT2D eigenvalue weighted by Crippen LogP contribution is 2.30. The second-order valence-electron chi connectivity index (χ2n) is 5.70. The third-order valence-corrected chi connectivity index (χ3v) is 4.86. The molecule has 0 spiro atoms. The van der Waals surface area contributed by atoms with Gasteiger partial charge >= 0.3 is 0 Å². The molecule has 1 amide bonds. The normalized spacial score (nSPS) is 19.2. The van der Waals surface area contributed by atoms with E-state index in [-0.39, 0.29) is 12.5 Å². The average Bonchev–Trinajstić information content (AvgIpc) is 3.20. The number of thiophene rings is 1. The quantitative estimate of drug-likeness (QED) is 0.855. The Labute approximate surface area is 129 Å². The molecule has 2 aliphatic rings. The molecule has 1 aromatic rings. The Bertz CT molecular complexity index is 560. The SMILES string of the molecule is O=C(c1csc(C#CCO)c1)N1CCN(CC2CC2)CC1. The fraction of sp³-hybridized carbons (Fsp3) is 0.562.